The number of hydrogen-bond acceptors (Lipinski definition) is 5. The molecule has 3 heterocycles. The zero-order valence-electron chi connectivity index (χ0n) is 10.4. The third kappa shape index (κ3) is 2.15. The number of fused-ring (bicyclic) bond motifs is 1. The molecule has 0 unspecified atom stereocenters. The third-order valence-corrected chi connectivity index (χ3v) is 4.28. The second-order valence-corrected chi connectivity index (χ2v) is 6.01. The first-order valence-electron chi connectivity index (χ1n) is 5.89. The van der Waals surface area contributed by atoms with Crippen molar-refractivity contribution in [2.75, 3.05) is 6.54 Å². The number of hydrogen-bond donors (Lipinski definition) is 1. The van der Waals surface area contributed by atoms with E-state index in [1.54, 1.807) is 12.1 Å². The van der Waals surface area contributed by atoms with E-state index in [0.29, 0.717) is 12.2 Å². The lowest BCUT2D eigenvalue weighted by Gasteiger charge is -2.27. The Bertz CT molecular complexity index is 794. The quantitative estimate of drug-likeness (QED) is 0.794. The molecule has 8 nitrogen and oxygen atoms in total. The van der Waals surface area contributed by atoms with Gasteiger partial charge in [-0.05, 0) is 5.56 Å². The fraction of sp³-hybridized carbons (Fsp3) is 0.273. The van der Waals surface area contributed by atoms with Crippen LogP contribution in [-0.4, -0.2) is 29.0 Å². The topological polar surface area (TPSA) is 111 Å². The standard InChI is InChI=1S/C11H12N4O4S/c12-20(17,18)14-5-3-9-8(7-14)1-2-11(16)15(9)10-4-6-19-13-10/h1-2,4,6H,3,5,7H2,(H2,12,17,18). The molecule has 0 radical (unpaired) electrons. The maximum absolute atomic E-state index is 12.0. The highest BCUT2D eigenvalue weighted by molar-refractivity contribution is 7.86. The third-order valence-electron chi connectivity index (χ3n) is 3.25. The van der Waals surface area contributed by atoms with Crippen molar-refractivity contribution in [3.63, 3.8) is 0 Å². The highest BCUT2D eigenvalue weighted by Gasteiger charge is 2.26. The van der Waals surface area contributed by atoms with Crippen molar-refractivity contribution in [3.8, 4) is 5.82 Å². The Kier molecular flexibility index (Phi) is 2.96. The van der Waals surface area contributed by atoms with E-state index in [-0.39, 0.29) is 18.6 Å². The zero-order valence-corrected chi connectivity index (χ0v) is 11.2. The largest absolute Gasteiger partial charge is 0.363 e. The predicted molar refractivity (Wildman–Crippen MR) is 69.3 cm³/mol. The summed E-state index contributed by atoms with van der Waals surface area (Å²) in [4.78, 5) is 12.0. The van der Waals surface area contributed by atoms with E-state index in [9.17, 15) is 13.2 Å². The first kappa shape index (κ1) is 13.0. The Morgan fingerprint density at radius 1 is 1.30 bits per heavy atom. The Balaban J connectivity index is 2.11. The van der Waals surface area contributed by atoms with E-state index >= 15 is 0 Å². The average molecular weight is 296 g/mol. The smallest absolute Gasteiger partial charge is 0.277 e. The van der Waals surface area contributed by atoms with Crippen molar-refractivity contribution in [1.29, 1.82) is 0 Å². The monoisotopic (exact) mass is 296 g/mol. The summed E-state index contributed by atoms with van der Waals surface area (Å²) in [5, 5.41) is 8.89. The Hall–Kier alpha value is -1.97. The molecule has 2 N–H and O–H groups in total. The van der Waals surface area contributed by atoms with Crippen LogP contribution >= 0.6 is 0 Å². The van der Waals surface area contributed by atoms with E-state index in [1.165, 1.54) is 21.2 Å². The van der Waals surface area contributed by atoms with E-state index in [1.807, 2.05) is 0 Å². The first-order valence-corrected chi connectivity index (χ1v) is 7.39. The highest BCUT2D eigenvalue weighted by Crippen LogP contribution is 2.20. The minimum absolute atomic E-state index is 0.145. The fourth-order valence-electron chi connectivity index (χ4n) is 2.33. The molecule has 2 aromatic rings. The second-order valence-electron chi connectivity index (χ2n) is 4.47. The molecular formula is C11H12N4O4S. The summed E-state index contributed by atoms with van der Waals surface area (Å²) in [5.41, 5.74) is 1.22. The molecule has 2 aromatic heterocycles. The second kappa shape index (κ2) is 4.54. The molecule has 0 saturated heterocycles. The summed E-state index contributed by atoms with van der Waals surface area (Å²) in [5.74, 6) is 0.385. The van der Waals surface area contributed by atoms with E-state index in [0.717, 1.165) is 11.3 Å². The SMILES string of the molecule is NS(=O)(=O)N1CCc2c(ccc(=O)n2-c2ccon2)C1. The summed E-state index contributed by atoms with van der Waals surface area (Å²) < 4.78 is 30.1. The van der Waals surface area contributed by atoms with Crippen LogP contribution in [0.5, 0.6) is 0 Å². The Morgan fingerprint density at radius 2 is 2.10 bits per heavy atom. The van der Waals surface area contributed by atoms with Crippen LogP contribution in [0.2, 0.25) is 0 Å². The lowest BCUT2D eigenvalue weighted by Crippen LogP contribution is -2.42. The number of nitrogens with zero attached hydrogens (tertiary/aromatic N) is 3. The van der Waals surface area contributed by atoms with Gasteiger partial charge in [-0.3, -0.25) is 9.36 Å². The molecule has 0 amide bonds. The van der Waals surface area contributed by atoms with Crippen LogP contribution < -0.4 is 10.7 Å². The van der Waals surface area contributed by atoms with Crippen LogP contribution in [0, 0.1) is 0 Å². The van der Waals surface area contributed by atoms with E-state index in [2.05, 4.69) is 5.16 Å². The fourth-order valence-corrected chi connectivity index (χ4v) is 2.99. The van der Waals surface area contributed by atoms with Gasteiger partial charge in [0.2, 0.25) is 0 Å². The number of nitrogens with two attached hydrogens (primary N) is 1. The van der Waals surface area contributed by atoms with E-state index in [4.69, 9.17) is 9.66 Å². The summed E-state index contributed by atoms with van der Waals surface area (Å²) in [7, 11) is -3.73. The summed E-state index contributed by atoms with van der Waals surface area (Å²) in [6.45, 7) is 0.374. The van der Waals surface area contributed by atoms with Crippen molar-refractivity contribution >= 4 is 10.2 Å². The van der Waals surface area contributed by atoms with Crippen LogP contribution in [0.3, 0.4) is 0 Å². The zero-order chi connectivity index (χ0) is 14.3. The van der Waals surface area contributed by atoms with Gasteiger partial charge >= 0.3 is 0 Å². The molecule has 1 aliphatic rings. The van der Waals surface area contributed by atoms with Crippen LogP contribution in [0.15, 0.2) is 33.8 Å². The van der Waals surface area contributed by atoms with Gasteiger partial charge in [-0.1, -0.05) is 11.2 Å². The van der Waals surface area contributed by atoms with Crippen LogP contribution in [0.25, 0.3) is 5.82 Å². The molecule has 3 rings (SSSR count). The van der Waals surface area contributed by atoms with Gasteiger partial charge in [-0.2, -0.15) is 12.7 Å². The van der Waals surface area contributed by atoms with Gasteiger partial charge < -0.3 is 4.52 Å². The summed E-state index contributed by atoms with van der Waals surface area (Å²) in [6, 6.07) is 4.57. The Labute approximate surface area is 114 Å². The van der Waals surface area contributed by atoms with Gasteiger partial charge in [0.15, 0.2) is 5.82 Å². The van der Waals surface area contributed by atoms with Gasteiger partial charge in [0.05, 0.1) is 0 Å². The molecule has 0 saturated carbocycles. The summed E-state index contributed by atoms with van der Waals surface area (Å²) >= 11 is 0. The lowest BCUT2D eigenvalue weighted by atomic mass is 10.1. The molecule has 0 aliphatic carbocycles. The van der Waals surface area contributed by atoms with Gasteiger partial charge in [0.25, 0.3) is 15.8 Å². The van der Waals surface area contributed by atoms with Crippen molar-refractivity contribution in [3.05, 3.63) is 46.1 Å². The van der Waals surface area contributed by atoms with Crippen molar-refractivity contribution in [2.24, 2.45) is 5.14 Å². The normalized spacial score (nSPS) is 16.1. The average Bonchev–Trinajstić information content (AvgIpc) is 2.90. The number of rotatable bonds is 2. The molecule has 0 bridgehead atoms. The Morgan fingerprint density at radius 3 is 2.75 bits per heavy atom. The summed E-state index contributed by atoms with van der Waals surface area (Å²) in [6.07, 6.45) is 1.76. The van der Waals surface area contributed by atoms with Crippen LogP contribution in [-0.2, 0) is 23.2 Å². The molecule has 1 aliphatic heterocycles. The molecule has 0 atom stereocenters. The molecule has 20 heavy (non-hydrogen) atoms. The predicted octanol–water partition coefficient (Wildman–Crippen LogP) is -0.613. The maximum Gasteiger partial charge on any atom is 0.277 e. The number of pyridine rings is 1. The van der Waals surface area contributed by atoms with Crippen LogP contribution in [0.1, 0.15) is 11.3 Å². The molecule has 0 aromatic carbocycles. The molecule has 106 valence electrons. The van der Waals surface area contributed by atoms with Crippen molar-refractivity contribution in [1.82, 2.24) is 14.0 Å². The maximum atomic E-state index is 12.0. The minimum Gasteiger partial charge on any atom is -0.363 e. The lowest BCUT2D eigenvalue weighted by molar-refractivity contribution is 0.382. The highest BCUT2D eigenvalue weighted by atomic mass is 32.2. The van der Waals surface area contributed by atoms with Gasteiger partial charge in [0.1, 0.15) is 6.26 Å². The van der Waals surface area contributed by atoms with Gasteiger partial charge in [-0.25, -0.2) is 5.14 Å². The van der Waals surface area contributed by atoms with Crippen molar-refractivity contribution < 1.29 is 12.9 Å². The molecule has 0 fully saturated rings. The molecular weight excluding hydrogens is 284 g/mol. The van der Waals surface area contributed by atoms with Crippen molar-refractivity contribution in [2.45, 2.75) is 13.0 Å². The molecule has 0 spiro atoms. The van der Waals surface area contributed by atoms with Gasteiger partial charge in [-0.15, -0.1) is 0 Å². The first-order chi connectivity index (χ1) is 9.47. The minimum atomic E-state index is -3.73. The van der Waals surface area contributed by atoms with Gasteiger partial charge in [0, 0.05) is 37.3 Å². The van der Waals surface area contributed by atoms with Crippen LogP contribution in [0.4, 0.5) is 0 Å². The van der Waals surface area contributed by atoms with E-state index < -0.39 is 10.2 Å². The number of aromatic nitrogens is 2. The molecule has 9 heteroatoms.